The Morgan fingerprint density at radius 1 is 1.12 bits per heavy atom. The third-order valence-corrected chi connectivity index (χ3v) is 8.15. The third kappa shape index (κ3) is 5.13. The van der Waals surface area contributed by atoms with Gasteiger partial charge in [0, 0.05) is 30.0 Å². The van der Waals surface area contributed by atoms with Crippen LogP contribution in [0.1, 0.15) is 102 Å². The van der Waals surface area contributed by atoms with Crippen molar-refractivity contribution in [2.45, 2.75) is 103 Å². The molecule has 1 aliphatic carbocycles. The Hall–Kier alpha value is -1.88. The molecule has 0 N–H and O–H groups in total. The summed E-state index contributed by atoms with van der Waals surface area (Å²) in [4.78, 5) is 19.4. The van der Waals surface area contributed by atoms with E-state index in [1.54, 1.807) is 11.3 Å². The van der Waals surface area contributed by atoms with Crippen molar-refractivity contribution < 1.29 is 9.53 Å². The van der Waals surface area contributed by atoms with Crippen LogP contribution >= 0.6 is 11.3 Å². The first-order chi connectivity index (χ1) is 15.2. The Balaban J connectivity index is 1.55. The Labute approximate surface area is 203 Å². The molecule has 0 bridgehead atoms. The maximum absolute atomic E-state index is 12.4. The van der Waals surface area contributed by atoms with Gasteiger partial charge in [0.1, 0.15) is 5.60 Å². The number of piperidine rings is 1. The Morgan fingerprint density at radius 3 is 2.39 bits per heavy atom. The first-order valence-corrected chi connectivity index (χ1v) is 13.2. The zero-order valence-electron chi connectivity index (χ0n) is 21.7. The number of carbonyl (C=O) groups excluding carboxylic acids is 1. The van der Waals surface area contributed by atoms with Crippen LogP contribution < -0.4 is 0 Å². The van der Waals surface area contributed by atoms with Crippen LogP contribution in [0, 0.1) is 0 Å². The maximum atomic E-state index is 12.4. The highest BCUT2D eigenvalue weighted by molar-refractivity contribution is 7.10. The second-order valence-corrected chi connectivity index (χ2v) is 13.4. The molecule has 1 amide bonds. The fraction of sp³-hybridized carbons (Fsp3) is 0.643. The summed E-state index contributed by atoms with van der Waals surface area (Å²) < 4.78 is 5.55. The van der Waals surface area contributed by atoms with E-state index in [1.165, 1.54) is 33.7 Å². The van der Waals surface area contributed by atoms with Crippen LogP contribution in [0.4, 0.5) is 4.79 Å². The molecular weight excluding hydrogens is 428 g/mol. The molecule has 0 atom stereocenters. The first kappa shape index (κ1) is 24.3. The number of rotatable bonds is 2. The highest BCUT2D eigenvalue weighted by Gasteiger charge is 2.34. The number of carbonyl (C=O) groups is 1. The standard InChI is InChI=1S/C28H40N2O2S/c1-26(2,3)19-15-21(20-9-12-28(7,8)22(20)16-19)23-17-33-24(29-23)18-10-13-30(14-11-18)25(31)32-27(4,5)6/h15-18H,9-14H2,1-8H3. The van der Waals surface area contributed by atoms with Crippen molar-refractivity contribution in [3.63, 3.8) is 0 Å². The third-order valence-electron chi connectivity index (χ3n) is 7.14. The topological polar surface area (TPSA) is 42.4 Å². The summed E-state index contributed by atoms with van der Waals surface area (Å²) in [6.45, 7) is 18.9. The van der Waals surface area contributed by atoms with Crippen molar-refractivity contribution in [2.75, 3.05) is 13.1 Å². The van der Waals surface area contributed by atoms with Crippen LogP contribution in [-0.2, 0) is 22.0 Å². The van der Waals surface area contributed by atoms with Gasteiger partial charge in [0.25, 0.3) is 0 Å². The lowest BCUT2D eigenvalue weighted by atomic mass is 9.79. The van der Waals surface area contributed by atoms with Gasteiger partial charge in [-0.05, 0) is 80.0 Å². The summed E-state index contributed by atoms with van der Waals surface area (Å²) in [5, 5.41) is 3.46. The summed E-state index contributed by atoms with van der Waals surface area (Å²) in [5.74, 6) is 0.415. The van der Waals surface area contributed by atoms with Crippen LogP contribution in [0.5, 0.6) is 0 Å². The molecule has 1 aromatic carbocycles. The minimum absolute atomic E-state index is 0.107. The summed E-state index contributed by atoms with van der Waals surface area (Å²) in [6, 6.07) is 4.84. The predicted molar refractivity (Wildman–Crippen MR) is 137 cm³/mol. The molecule has 0 saturated carbocycles. The van der Waals surface area contributed by atoms with Gasteiger partial charge in [-0.25, -0.2) is 9.78 Å². The van der Waals surface area contributed by atoms with Crippen molar-refractivity contribution >= 4 is 17.4 Å². The lowest BCUT2D eigenvalue weighted by Crippen LogP contribution is -2.41. The van der Waals surface area contributed by atoms with Crippen LogP contribution in [-0.4, -0.2) is 34.7 Å². The number of hydrogen-bond acceptors (Lipinski definition) is 4. The molecule has 1 aliphatic heterocycles. The normalized spacial score (nSPS) is 19.0. The molecule has 1 aromatic heterocycles. The fourth-order valence-electron chi connectivity index (χ4n) is 5.01. The van der Waals surface area contributed by atoms with E-state index in [1.807, 2.05) is 25.7 Å². The number of ether oxygens (including phenoxy) is 1. The monoisotopic (exact) mass is 468 g/mol. The molecule has 4 rings (SSSR count). The van der Waals surface area contributed by atoms with Crippen LogP contribution in [0.2, 0.25) is 0 Å². The van der Waals surface area contributed by atoms with E-state index >= 15 is 0 Å². The van der Waals surface area contributed by atoms with Gasteiger partial charge in [0.05, 0.1) is 10.7 Å². The molecule has 2 aromatic rings. The maximum Gasteiger partial charge on any atom is 0.410 e. The van der Waals surface area contributed by atoms with Gasteiger partial charge in [-0.3, -0.25) is 0 Å². The van der Waals surface area contributed by atoms with E-state index < -0.39 is 5.60 Å². The number of aromatic nitrogens is 1. The summed E-state index contributed by atoms with van der Waals surface area (Å²) >= 11 is 1.78. The quantitative estimate of drug-likeness (QED) is 0.460. The Kier molecular flexibility index (Phi) is 6.18. The lowest BCUT2D eigenvalue weighted by molar-refractivity contribution is 0.0205. The van der Waals surface area contributed by atoms with Gasteiger partial charge >= 0.3 is 6.09 Å². The van der Waals surface area contributed by atoms with Gasteiger partial charge in [0.15, 0.2) is 0 Å². The number of likely N-dealkylation sites (tertiary alicyclic amines) is 1. The molecule has 2 heterocycles. The fourth-order valence-corrected chi connectivity index (χ4v) is 6.00. The minimum Gasteiger partial charge on any atom is -0.444 e. The molecule has 1 fully saturated rings. The van der Waals surface area contributed by atoms with Gasteiger partial charge in [-0.2, -0.15) is 0 Å². The number of fused-ring (bicyclic) bond motifs is 1. The summed E-state index contributed by atoms with van der Waals surface area (Å²) in [5.41, 5.74) is 6.73. The lowest BCUT2D eigenvalue weighted by Gasteiger charge is -2.32. The van der Waals surface area contributed by atoms with Crippen LogP contribution in [0.3, 0.4) is 0 Å². The van der Waals surface area contributed by atoms with Gasteiger partial charge in [0.2, 0.25) is 0 Å². The zero-order valence-corrected chi connectivity index (χ0v) is 22.5. The number of benzene rings is 1. The van der Waals surface area contributed by atoms with E-state index in [2.05, 4.69) is 52.1 Å². The zero-order chi connectivity index (χ0) is 24.2. The van der Waals surface area contributed by atoms with Crippen LogP contribution in [0.25, 0.3) is 11.3 Å². The van der Waals surface area contributed by atoms with E-state index in [-0.39, 0.29) is 16.9 Å². The van der Waals surface area contributed by atoms with Crippen molar-refractivity contribution in [2.24, 2.45) is 0 Å². The van der Waals surface area contributed by atoms with Crippen molar-refractivity contribution in [3.05, 3.63) is 39.2 Å². The molecular formula is C28H40N2O2S. The van der Waals surface area contributed by atoms with Crippen molar-refractivity contribution in [1.29, 1.82) is 0 Å². The van der Waals surface area contributed by atoms with Gasteiger partial charge in [-0.15, -0.1) is 11.3 Å². The van der Waals surface area contributed by atoms with Crippen molar-refractivity contribution in [1.82, 2.24) is 9.88 Å². The summed E-state index contributed by atoms with van der Waals surface area (Å²) in [6.07, 6.45) is 4.02. The number of hydrogen-bond donors (Lipinski definition) is 0. The van der Waals surface area contributed by atoms with Gasteiger partial charge in [-0.1, -0.05) is 40.7 Å². The SMILES string of the molecule is CC(C)(C)OC(=O)N1CCC(c2nc(-c3cc(C(C)(C)C)cc4c3CCC4(C)C)cs2)CC1. The second kappa shape index (κ2) is 8.41. The average Bonchev–Trinajstić information content (AvgIpc) is 3.31. The first-order valence-electron chi connectivity index (χ1n) is 12.4. The van der Waals surface area contributed by atoms with E-state index in [4.69, 9.17) is 9.72 Å². The smallest absolute Gasteiger partial charge is 0.410 e. The van der Waals surface area contributed by atoms with Gasteiger partial charge < -0.3 is 9.64 Å². The van der Waals surface area contributed by atoms with Crippen molar-refractivity contribution in [3.8, 4) is 11.3 Å². The van der Waals surface area contributed by atoms with E-state index in [0.717, 1.165) is 38.0 Å². The summed E-state index contributed by atoms with van der Waals surface area (Å²) in [7, 11) is 0. The average molecular weight is 469 g/mol. The Bertz CT molecular complexity index is 1030. The molecule has 1 saturated heterocycles. The number of thiazole rings is 1. The number of nitrogens with zero attached hydrogens (tertiary/aromatic N) is 2. The second-order valence-electron chi connectivity index (χ2n) is 12.5. The van der Waals surface area contributed by atoms with E-state index in [9.17, 15) is 4.79 Å². The van der Waals surface area contributed by atoms with E-state index in [0.29, 0.717) is 5.92 Å². The molecule has 0 unspecified atom stereocenters. The largest absolute Gasteiger partial charge is 0.444 e. The molecule has 2 aliphatic rings. The molecule has 5 heteroatoms. The van der Waals surface area contributed by atoms with Crippen LogP contribution in [0.15, 0.2) is 17.5 Å². The molecule has 180 valence electrons. The molecule has 33 heavy (non-hydrogen) atoms. The predicted octanol–water partition coefficient (Wildman–Crippen LogP) is 7.45. The Morgan fingerprint density at radius 2 is 1.79 bits per heavy atom. The molecule has 0 spiro atoms. The highest BCUT2D eigenvalue weighted by Crippen LogP contribution is 2.45. The molecule has 0 radical (unpaired) electrons. The minimum atomic E-state index is -0.450. The highest BCUT2D eigenvalue weighted by atomic mass is 32.1. The molecule has 4 nitrogen and oxygen atoms in total. The number of amides is 1.